The number of aromatic nitrogens is 2. The maximum absolute atomic E-state index is 10.8. The lowest BCUT2D eigenvalue weighted by atomic mass is 10.1. The monoisotopic (exact) mass is 343 g/mol. The molecule has 25 heavy (non-hydrogen) atoms. The number of hydrogen-bond donors (Lipinski definition) is 2. The van der Waals surface area contributed by atoms with Gasteiger partial charge in [-0.25, -0.2) is 0 Å². The van der Waals surface area contributed by atoms with Gasteiger partial charge in [0.1, 0.15) is 5.75 Å². The van der Waals surface area contributed by atoms with Crippen LogP contribution in [-0.4, -0.2) is 66.0 Å². The van der Waals surface area contributed by atoms with E-state index >= 15 is 0 Å². The molecule has 1 aromatic carbocycles. The zero-order chi connectivity index (χ0) is 17.8. The number of aliphatic carboxylic acids is 1. The Bertz CT molecular complexity index is 760. The Kier molecular flexibility index (Phi) is 4.99. The molecule has 132 valence electrons. The van der Waals surface area contributed by atoms with Crippen molar-refractivity contribution in [2.75, 3.05) is 50.5 Å². The Labute approximate surface area is 145 Å². The molecule has 1 aliphatic rings. The van der Waals surface area contributed by atoms with Crippen LogP contribution in [0, 0.1) is 0 Å². The molecule has 0 radical (unpaired) electrons. The summed E-state index contributed by atoms with van der Waals surface area (Å²) in [6.07, 6.45) is 0. The molecule has 0 spiro atoms. The lowest BCUT2D eigenvalue weighted by Crippen LogP contribution is -2.48. The van der Waals surface area contributed by atoms with Gasteiger partial charge in [-0.15, -0.1) is 10.2 Å². The molecule has 2 heterocycles. The SMILES string of the molecule is COc1ccccc1-c1cc(N2CCN(CC(=O)O)CC2)c(N)nn1. The molecule has 8 heteroatoms. The fourth-order valence-corrected chi connectivity index (χ4v) is 2.97. The van der Waals surface area contributed by atoms with Crippen LogP contribution in [0.1, 0.15) is 0 Å². The van der Waals surface area contributed by atoms with Gasteiger partial charge in [-0.1, -0.05) is 12.1 Å². The number of hydrogen-bond acceptors (Lipinski definition) is 7. The normalized spacial score (nSPS) is 15.2. The minimum absolute atomic E-state index is 0.0599. The summed E-state index contributed by atoms with van der Waals surface area (Å²) in [5.74, 6) is 0.279. The Balaban J connectivity index is 1.82. The van der Waals surface area contributed by atoms with Crippen molar-refractivity contribution in [3.05, 3.63) is 30.3 Å². The number of benzene rings is 1. The second kappa shape index (κ2) is 7.35. The maximum atomic E-state index is 10.8. The highest BCUT2D eigenvalue weighted by atomic mass is 16.5. The second-order valence-electron chi connectivity index (χ2n) is 5.86. The van der Waals surface area contributed by atoms with E-state index in [1.807, 2.05) is 35.2 Å². The van der Waals surface area contributed by atoms with Gasteiger partial charge >= 0.3 is 5.97 Å². The van der Waals surface area contributed by atoms with Crippen molar-refractivity contribution >= 4 is 17.5 Å². The number of anilines is 2. The highest BCUT2D eigenvalue weighted by Gasteiger charge is 2.22. The van der Waals surface area contributed by atoms with Gasteiger partial charge in [0.2, 0.25) is 0 Å². The first-order valence-electron chi connectivity index (χ1n) is 8.04. The number of para-hydroxylation sites is 1. The van der Waals surface area contributed by atoms with Crippen molar-refractivity contribution in [1.29, 1.82) is 0 Å². The quantitative estimate of drug-likeness (QED) is 0.826. The van der Waals surface area contributed by atoms with Gasteiger partial charge in [0.25, 0.3) is 0 Å². The first-order chi connectivity index (χ1) is 12.1. The molecular weight excluding hydrogens is 322 g/mol. The number of piperazine rings is 1. The number of nitrogen functional groups attached to an aromatic ring is 1. The van der Waals surface area contributed by atoms with Crippen LogP contribution in [0.15, 0.2) is 30.3 Å². The minimum atomic E-state index is -0.808. The van der Waals surface area contributed by atoms with Gasteiger partial charge in [0, 0.05) is 31.7 Å². The molecule has 0 saturated carbocycles. The maximum Gasteiger partial charge on any atom is 0.317 e. The third kappa shape index (κ3) is 3.80. The molecule has 1 aliphatic heterocycles. The first-order valence-corrected chi connectivity index (χ1v) is 8.04. The molecule has 1 fully saturated rings. The predicted octanol–water partition coefficient (Wildman–Crippen LogP) is 0.941. The lowest BCUT2D eigenvalue weighted by Gasteiger charge is -2.35. The number of nitrogens with zero attached hydrogens (tertiary/aromatic N) is 4. The van der Waals surface area contributed by atoms with Gasteiger partial charge in [-0.05, 0) is 18.2 Å². The average Bonchev–Trinajstić information content (AvgIpc) is 2.62. The van der Waals surface area contributed by atoms with Crippen LogP contribution in [0.2, 0.25) is 0 Å². The number of ether oxygens (including phenoxy) is 1. The number of methoxy groups -OCH3 is 1. The summed E-state index contributed by atoms with van der Waals surface area (Å²) in [6.45, 7) is 2.77. The summed E-state index contributed by atoms with van der Waals surface area (Å²) in [5, 5.41) is 17.2. The van der Waals surface area contributed by atoms with E-state index in [2.05, 4.69) is 15.1 Å². The summed E-state index contributed by atoms with van der Waals surface area (Å²) in [4.78, 5) is 14.8. The standard InChI is InChI=1S/C17H21N5O3/c1-25-15-5-3-2-4-12(15)13-10-14(17(18)20-19-13)22-8-6-21(7-9-22)11-16(23)24/h2-5,10H,6-9,11H2,1H3,(H2,18,20)(H,23,24). The average molecular weight is 343 g/mol. The molecule has 2 aromatic rings. The Morgan fingerprint density at radius 1 is 1.24 bits per heavy atom. The summed E-state index contributed by atoms with van der Waals surface area (Å²) in [5.41, 5.74) is 8.38. The topological polar surface area (TPSA) is 105 Å². The van der Waals surface area contributed by atoms with Crippen molar-refractivity contribution in [3.63, 3.8) is 0 Å². The largest absolute Gasteiger partial charge is 0.496 e. The Hall–Kier alpha value is -2.87. The summed E-state index contributed by atoms with van der Waals surface area (Å²) < 4.78 is 5.39. The summed E-state index contributed by atoms with van der Waals surface area (Å²) >= 11 is 0. The molecule has 3 N–H and O–H groups in total. The summed E-state index contributed by atoms with van der Waals surface area (Å²) in [7, 11) is 1.62. The van der Waals surface area contributed by atoms with Gasteiger partial charge in [0.15, 0.2) is 5.82 Å². The molecule has 1 aromatic heterocycles. The van der Waals surface area contributed by atoms with Crippen LogP contribution in [0.4, 0.5) is 11.5 Å². The predicted molar refractivity (Wildman–Crippen MR) is 94.7 cm³/mol. The van der Waals surface area contributed by atoms with Crippen molar-refractivity contribution in [2.24, 2.45) is 0 Å². The molecule has 1 saturated heterocycles. The number of carboxylic acid groups (broad SMARTS) is 1. The number of nitrogens with two attached hydrogens (primary N) is 1. The van der Waals surface area contributed by atoms with Crippen molar-refractivity contribution in [1.82, 2.24) is 15.1 Å². The molecule has 0 unspecified atom stereocenters. The number of carbonyl (C=O) groups is 1. The van der Waals surface area contributed by atoms with Crippen LogP contribution in [0.3, 0.4) is 0 Å². The van der Waals surface area contributed by atoms with E-state index in [0.29, 0.717) is 37.7 Å². The van der Waals surface area contributed by atoms with Gasteiger partial charge in [0.05, 0.1) is 25.0 Å². The van der Waals surface area contributed by atoms with E-state index in [0.717, 1.165) is 17.0 Å². The molecule has 0 aliphatic carbocycles. The fraction of sp³-hybridized carbons (Fsp3) is 0.353. The van der Waals surface area contributed by atoms with Crippen LogP contribution in [0.25, 0.3) is 11.3 Å². The molecule has 0 atom stereocenters. The van der Waals surface area contributed by atoms with Crippen LogP contribution >= 0.6 is 0 Å². The Morgan fingerprint density at radius 3 is 2.64 bits per heavy atom. The smallest absolute Gasteiger partial charge is 0.317 e. The highest BCUT2D eigenvalue weighted by molar-refractivity contribution is 5.74. The Morgan fingerprint density at radius 2 is 1.96 bits per heavy atom. The van der Waals surface area contributed by atoms with Crippen molar-refractivity contribution in [2.45, 2.75) is 0 Å². The zero-order valence-corrected chi connectivity index (χ0v) is 14.1. The van der Waals surface area contributed by atoms with Gasteiger partial charge in [-0.2, -0.15) is 0 Å². The van der Waals surface area contributed by atoms with Crippen LogP contribution < -0.4 is 15.4 Å². The molecule has 8 nitrogen and oxygen atoms in total. The van der Waals surface area contributed by atoms with Crippen LogP contribution in [-0.2, 0) is 4.79 Å². The van der Waals surface area contributed by atoms with E-state index in [-0.39, 0.29) is 6.54 Å². The van der Waals surface area contributed by atoms with Gasteiger partial charge in [-0.3, -0.25) is 9.69 Å². The van der Waals surface area contributed by atoms with E-state index in [1.54, 1.807) is 7.11 Å². The highest BCUT2D eigenvalue weighted by Crippen LogP contribution is 2.32. The number of carboxylic acids is 1. The van der Waals surface area contributed by atoms with Crippen molar-refractivity contribution < 1.29 is 14.6 Å². The molecular formula is C17H21N5O3. The van der Waals surface area contributed by atoms with Crippen LogP contribution in [0.5, 0.6) is 5.75 Å². The third-order valence-corrected chi connectivity index (χ3v) is 4.26. The third-order valence-electron chi connectivity index (χ3n) is 4.26. The molecule has 3 rings (SSSR count). The second-order valence-corrected chi connectivity index (χ2v) is 5.86. The zero-order valence-electron chi connectivity index (χ0n) is 14.1. The number of rotatable bonds is 5. The van der Waals surface area contributed by atoms with Gasteiger partial charge < -0.3 is 20.5 Å². The van der Waals surface area contributed by atoms with E-state index in [9.17, 15) is 4.79 Å². The lowest BCUT2D eigenvalue weighted by molar-refractivity contribution is -0.138. The molecule has 0 bridgehead atoms. The fourth-order valence-electron chi connectivity index (χ4n) is 2.97. The summed E-state index contributed by atoms with van der Waals surface area (Å²) in [6, 6.07) is 9.52. The van der Waals surface area contributed by atoms with E-state index in [1.165, 1.54) is 0 Å². The molecule has 0 amide bonds. The van der Waals surface area contributed by atoms with Crippen molar-refractivity contribution in [3.8, 4) is 17.0 Å². The van der Waals surface area contributed by atoms with E-state index < -0.39 is 5.97 Å². The first kappa shape index (κ1) is 17.0. The minimum Gasteiger partial charge on any atom is -0.496 e. The van der Waals surface area contributed by atoms with E-state index in [4.69, 9.17) is 15.6 Å².